The SMILES string of the molecule is CCCCCCCCCCCC(=O)Nc1cc(C)c2ccc(C(=O)Nc3ccc(OC)cc3)cc2n1. The number of aromatic nitrogens is 1. The number of aryl methyl sites for hydroxylation is 1. The molecule has 192 valence electrons. The van der Waals surface area contributed by atoms with Crippen LogP contribution in [-0.4, -0.2) is 23.9 Å². The fourth-order valence-corrected chi connectivity index (χ4v) is 4.29. The highest BCUT2D eigenvalue weighted by Gasteiger charge is 2.11. The summed E-state index contributed by atoms with van der Waals surface area (Å²) < 4.78 is 5.16. The van der Waals surface area contributed by atoms with Crippen molar-refractivity contribution in [3.05, 3.63) is 59.7 Å². The van der Waals surface area contributed by atoms with Crippen LogP contribution < -0.4 is 15.4 Å². The van der Waals surface area contributed by atoms with Crippen molar-refractivity contribution < 1.29 is 14.3 Å². The fraction of sp³-hybridized carbons (Fsp3) is 0.433. The molecule has 2 N–H and O–H groups in total. The van der Waals surface area contributed by atoms with E-state index in [1.54, 1.807) is 43.5 Å². The standard InChI is InChI=1S/C30H39N3O3/c1-4-5-6-7-8-9-10-11-12-13-29(34)33-28-20-22(2)26-19-14-23(21-27(26)32-28)30(35)31-24-15-17-25(36-3)18-16-24/h14-21H,4-13H2,1-3H3,(H,31,35)(H,32,33,34). The maximum Gasteiger partial charge on any atom is 0.255 e. The average molecular weight is 490 g/mol. The summed E-state index contributed by atoms with van der Waals surface area (Å²) in [5, 5.41) is 6.78. The molecule has 6 nitrogen and oxygen atoms in total. The van der Waals surface area contributed by atoms with Crippen LogP contribution in [0.4, 0.5) is 11.5 Å². The Kier molecular flexibility index (Phi) is 10.7. The van der Waals surface area contributed by atoms with Crippen molar-refractivity contribution in [1.82, 2.24) is 4.98 Å². The van der Waals surface area contributed by atoms with Gasteiger partial charge in [-0.05, 0) is 61.4 Å². The summed E-state index contributed by atoms with van der Waals surface area (Å²) in [6, 6.07) is 14.5. The molecule has 0 aliphatic carbocycles. The molecular formula is C30H39N3O3. The van der Waals surface area contributed by atoms with Crippen LogP contribution in [0.25, 0.3) is 10.9 Å². The summed E-state index contributed by atoms with van der Waals surface area (Å²) in [5.41, 5.74) is 2.86. The summed E-state index contributed by atoms with van der Waals surface area (Å²) in [6.07, 6.45) is 11.5. The van der Waals surface area contributed by atoms with Crippen molar-refractivity contribution in [2.45, 2.75) is 78.1 Å². The molecule has 3 rings (SSSR count). The first kappa shape index (κ1) is 27.2. The van der Waals surface area contributed by atoms with Crippen LogP contribution in [0.5, 0.6) is 5.75 Å². The van der Waals surface area contributed by atoms with Gasteiger partial charge in [0, 0.05) is 23.1 Å². The molecule has 0 spiro atoms. The maximum absolute atomic E-state index is 12.8. The molecular weight excluding hydrogens is 450 g/mol. The normalized spacial score (nSPS) is 10.9. The summed E-state index contributed by atoms with van der Waals surface area (Å²) >= 11 is 0. The molecule has 0 radical (unpaired) electrons. The Balaban J connectivity index is 1.53. The molecule has 36 heavy (non-hydrogen) atoms. The second-order valence-corrected chi connectivity index (χ2v) is 9.37. The third-order valence-corrected chi connectivity index (χ3v) is 6.40. The van der Waals surface area contributed by atoms with Crippen LogP contribution in [0, 0.1) is 6.92 Å². The van der Waals surface area contributed by atoms with E-state index in [1.807, 2.05) is 19.1 Å². The molecule has 1 heterocycles. The molecule has 2 amide bonds. The molecule has 2 aromatic carbocycles. The Morgan fingerprint density at radius 2 is 1.50 bits per heavy atom. The molecule has 6 heteroatoms. The van der Waals surface area contributed by atoms with Crippen LogP contribution in [-0.2, 0) is 4.79 Å². The average Bonchev–Trinajstić information content (AvgIpc) is 2.87. The number of benzene rings is 2. The number of hydrogen-bond donors (Lipinski definition) is 2. The number of nitrogens with zero attached hydrogens (tertiary/aromatic N) is 1. The summed E-state index contributed by atoms with van der Waals surface area (Å²) in [7, 11) is 1.60. The van der Waals surface area contributed by atoms with E-state index in [0.717, 1.165) is 29.5 Å². The summed E-state index contributed by atoms with van der Waals surface area (Å²) in [6.45, 7) is 4.22. The molecule has 0 saturated carbocycles. The molecule has 0 saturated heterocycles. The number of nitrogens with one attached hydrogen (secondary N) is 2. The first-order chi connectivity index (χ1) is 17.5. The number of methoxy groups -OCH3 is 1. The Morgan fingerprint density at radius 1 is 0.833 bits per heavy atom. The smallest absolute Gasteiger partial charge is 0.255 e. The number of hydrogen-bond acceptors (Lipinski definition) is 4. The van der Waals surface area contributed by atoms with Crippen LogP contribution in [0.2, 0.25) is 0 Å². The minimum Gasteiger partial charge on any atom is -0.497 e. The van der Waals surface area contributed by atoms with Gasteiger partial charge in [0.05, 0.1) is 12.6 Å². The fourth-order valence-electron chi connectivity index (χ4n) is 4.29. The summed E-state index contributed by atoms with van der Waals surface area (Å²) in [4.78, 5) is 29.9. The van der Waals surface area contributed by atoms with E-state index in [0.29, 0.717) is 29.0 Å². The van der Waals surface area contributed by atoms with E-state index >= 15 is 0 Å². The minimum atomic E-state index is -0.221. The van der Waals surface area contributed by atoms with Crippen LogP contribution in [0.3, 0.4) is 0 Å². The van der Waals surface area contributed by atoms with Gasteiger partial charge in [0.1, 0.15) is 11.6 Å². The van der Waals surface area contributed by atoms with Crippen LogP contribution in [0.1, 0.15) is 87.1 Å². The molecule has 0 unspecified atom stereocenters. The van der Waals surface area contributed by atoms with Gasteiger partial charge in [-0.25, -0.2) is 4.98 Å². The van der Waals surface area contributed by atoms with Crippen LogP contribution >= 0.6 is 0 Å². The molecule has 0 fully saturated rings. The lowest BCUT2D eigenvalue weighted by Gasteiger charge is -2.10. The van der Waals surface area contributed by atoms with Gasteiger partial charge >= 0.3 is 0 Å². The molecule has 0 aliphatic rings. The quantitative estimate of drug-likeness (QED) is 0.228. The van der Waals surface area contributed by atoms with Crippen molar-refractivity contribution >= 4 is 34.2 Å². The van der Waals surface area contributed by atoms with Gasteiger partial charge in [-0.3, -0.25) is 9.59 Å². The molecule has 1 aromatic heterocycles. The predicted molar refractivity (Wildman–Crippen MR) is 148 cm³/mol. The highest BCUT2D eigenvalue weighted by Crippen LogP contribution is 2.23. The molecule has 0 atom stereocenters. The van der Waals surface area contributed by atoms with Gasteiger partial charge in [-0.15, -0.1) is 0 Å². The number of ether oxygens (including phenoxy) is 1. The number of carbonyl (C=O) groups excluding carboxylic acids is 2. The van der Waals surface area contributed by atoms with E-state index in [-0.39, 0.29) is 11.8 Å². The molecule has 3 aromatic rings. The van der Waals surface area contributed by atoms with Gasteiger partial charge in [0.2, 0.25) is 5.91 Å². The zero-order chi connectivity index (χ0) is 25.8. The number of amides is 2. The third-order valence-electron chi connectivity index (χ3n) is 6.40. The zero-order valence-electron chi connectivity index (χ0n) is 21.9. The van der Waals surface area contributed by atoms with Crippen molar-refractivity contribution in [3.8, 4) is 5.75 Å². The molecule has 0 bridgehead atoms. The van der Waals surface area contributed by atoms with Gasteiger partial charge in [-0.2, -0.15) is 0 Å². The van der Waals surface area contributed by atoms with Crippen molar-refractivity contribution in [2.24, 2.45) is 0 Å². The van der Waals surface area contributed by atoms with Gasteiger partial charge in [-0.1, -0.05) is 64.4 Å². The second kappa shape index (κ2) is 14.2. The first-order valence-corrected chi connectivity index (χ1v) is 13.2. The highest BCUT2D eigenvalue weighted by atomic mass is 16.5. The number of anilines is 2. The third kappa shape index (κ3) is 8.36. The number of unbranched alkanes of at least 4 members (excludes halogenated alkanes) is 8. The lowest BCUT2D eigenvalue weighted by molar-refractivity contribution is -0.116. The van der Waals surface area contributed by atoms with Crippen molar-refractivity contribution in [1.29, 1.82) is 0 Å². The zero-order valence-corrected chi connectivity index (χ0v) is 21.9. The van der Waals surface area contributed by atoms with Crippen LogP contribution in [0.15, 0.2) is 48.5 Å². The Morgan fingerprint density at radius 3 is 2.17 bits per heavy atom. The summed E-state index contributed by atoms with van der Waals surface area (Å²) in [5.74, 6) is 1.01. The lowest BCUT2D eigenvalue weighted by atomic mass is 10.1. The number of carbonyl (C=O) groups is 2. The van der Waals surface area contributed by atoms with E-state index in [1.165, 1.54) is 44.9 Å². The van der Waals surface area contributed by atoms with Gasteiger partial charge in [0.25, 0.3) is 5.91 Å². The maximum atomic E-state index is 12.8. The van der Waals surface area contributed by atoms with Gasteiger partial charge < -0.3 is 15.4 Å². The van der Waals surface area contributed by atoms with E-state index < -0.39 is 0 Å². The van der Waals surface area contributed by atoms with E-state index in [4.69, 9.17) is 4.74 Å². The van der Waals surface area contributed by atoms with Gasteiger partial charge in [0.15, 0.2) is 0 Å². The Labute approximate surface area is 214 Å². The predicted octanol–water partition coefficient (Wildman–Crippen LogP) is 7.66. The number of rotatable bonds is 14. The largest absolute Gasteiger partial charge is 0.497 e. The highest BCUT2D eigenvalue weighted by molar-refractivity contribution is 6.06. The second-order valence-electron chi connectivity index (χ2n) is 9.37. The Hall–Kier alpha value is -3.41. The topological polar surface area (TPSA) is 80.3 Å². The van der Waals surface area contributed by atoms with E-state index in [9.17, 15) is 9.59 Å². The Bertz CT molecular complexity index is 1140. The number of pyridine rings is 1. The lowest BCUT2D eigenvalue weighted by Crippen LogP contribution is -2.13. The van der Waals surface area contributed by atoms with E-state index in [2.05, 4.69) is 22.5 Å². The van der Waals surface area contributed by atoms with Crippen molar-refractivity contribution in [2.75, 3.05) is 17.7 Å². The first-order valence-electron chi connectivity index (χ1n) is 13.2. The number of fused-ring (bicyclic) bond motifs is 1. The van der Waals surface area contributed by atoms with Crippen molar-refractivity contribution in [3.63, 3.8) is 0 Å². The minimum absolute atomic E-state index is 0.0161. The monoisotopic (exact) mass is 489 g/mol. The molecule has 0 aliphatic heterocycles.